The third-order valence-corrected chi connectivity index (χ3v) is 8.23. The van der Waals surface area contributed by atoms with Crippen molar-refractivity contribution in [1.29, 1.82) is 0 Å². The van der Waals surface area contributed by atoms with Gasteiger partial charge in [0, 0.05) is 17.1 Å². The van der Waals surface area contributed by atoms with Crippen LogP contribution in [-0.2, 0) is 31.6 Å². The number of hydrogen-bond donors (Lipinski definition) is 6. The molecule has 21 heteroatoms. The third-order valence-electron chi connectivity index (χ3n) is 4.21. The number of H-pyrrole nitrogens is 1. The summed E-state index contributed by atoms with van der Waals surface area (Å²) in [6, 6.07) is 0.897. The molecule has 1 aromatic heterocycles. The molecular weight excluding hydrogens is 556 g/mol. The maximum absolute atomic E-state index is 15.7. The molecule has 16 nitrogen and oxygen atoms in total. The van der Waals surface area contributed by atoms with Crippen molar-refractivity contribution >= 4 is 35.1 Å². The molecule has 2 heterocycles. The summed E-state index contributed by atoms with van der Waals surface area (Å²) in [7, 11) is -17.2. The smallest absolute Gasteiger partial charge is 0.386 e. The fraction of sp³-hybridized carbons (Fsp3) is 0.538. The van der Waals surface area contributed by atoms with Crippen LogP contribution in [0.15, 0.2) is 15.7 Å². The molecule has 0 aliphatic carbocycles. The van der Waals surface area contributed by atoms with Gasteiger partial charge in [0.1, 0.15) is 12.2 Å². The standard InChI is InChI=1S/C13H17ClFN2O14P3/c1-6-5-8(18)16-12(20)17(6)11-13(15,3-4-14)10(19)9(28-11)7(2)29-33(24,25)31-34(26,27)30-32(21,22)23/h5,7,9-11,19H,1-2H3,(H,24,25)(H,26,27)(H,16,18,20)(H2,21,22,23)/t7-,9-,10+,11-,13?/m1/s1. The van der Waals surface area contributed by atoms with Crippen molar-refractivity contribution in [2.75, 3.05) is 0 Å². The average Bonchev–Trinajstić information content (AvgIpc) is 2.83. The first kappa shape index (κ1) is 29.0. The van der Waals surface area contributed by atoms with Gasteiger partial charge in [0.2, 0.25) is 5.67 Å². The molecule has 3 unspecified atom stereocenters. The van der Waals surface area contributed by atoms with Crippen LogP contribution in [0.2, 0.25) is 0 Å². The lowest BCUT2D eigenvalue weighted by molar-refractivity contribution is -0.0787. The van der Waals surface area contributed by atoms with Crippen molar-refractivity contribution in [1.82, 2.24) is 9.55 Å². The number of aromatic nitrogens is 2. The highest BCUT2D eigenvalue weighted by Crippen LogP contribution is 2.66. The molecule has 0 aromatic carbocycles. The first-order chi connectivity index (χ1) is 15.3. The molecule has 0 spiro atoms. The van der Waals surface area contributed by atoms with E-state index in [0.717, 1.165) is 13.0 Å². The molecule has 7 atom stereocenters. The van der Waals surface area contributed by atoms with Crippen LogP contribution in [0.4, 0.5) is 4.39 Å². The summed E-state index contributed by atoms with van der Waals surface area (Å²) in [6.07, 6.45) is -8.19. The van der Waals surface area contributed by atoms with Crippen molar-refractivity contribution < 1.29 is 60.6 Å². The van der Waals surface area contributed by atoms with Crippen LogP contribution in [0.3, 0.4) is 0 Å². The number of alkyl halides is 1. The summed E-state index contributed by atoms with van der Waals surface area (Å²) in [4.78, 5) is 61.5. The van der Waals surface area contributed by atoms with Gasteiger partial charge in [0.05, 0.1) is 6.10 Å². The van der Waals surface area contributed by atoms with Gasteiger partial charge < -0.3 is 29.4 Å². The van der Waals surface area contributed by atoms with Crippen molar-refractivity contribution in [2.24, 2.45) is 0 Å². The van der Waals surface area contributed by atoms with Gasteiger partial charge in [-0.1, -0.05) is 0 Å². The Morgan fingerprint density at radius 1 is 1.24 bits per heavy atom. The normalized spacial score (nSPS) is 29.5. The molecule has 0 saturated carbocycles. The van der Waals surface area contributed by atoms with E-state index in [4.69, 9.17) is 26.1 Å². The zero-order chi connectivity index (χ0) is 26.3. The van der Waals surface area contributed by atoms with E-state index in [1.54, 1.807) is 5.38 Å². The van der Waals surface area contributed by atoms with E-state index in [0.29, 0.717) is 4.57 Å². The lowest BCUT2D eigenvalue weighted by Crippen LogP contribution is -2.46. The van der Waals surface area contributed by atoms with Gasteiger partial charge in [-0.05, 0) is 31.4 Å². The zero-order valence-corrected chi connectivity index (χ0v) is 20.3. The fourth-order valence-electron chi connectivity index (χ4n) is 3.01. The Morgan fingerprint density at radius 2 is 1.82 bits per heavy atom. The van der Waals surface area contributed by atoms with Crippen molar-refractivity contribution in [3.63, 3.8) is 0 Å². The number of aliphatic hydroxyl groups is 1. The van der Waals surface area contributed by atoms with Gasteiger partial charge >= 0.3 is 29.2 Å². The Balaban J connectivity index is 2.37. The first-order valence-electron chi connectivity index (χ1n) is 8.62. The maximum Gasteiger partial charge on any atom is 0.490 e. The predicted octanol–water partition coefficient (Wildman–Crippen LogP) is -0.257. The van der Waals surface area contributed by atoms with Crippen LogP contribution in [0.1, 0.15) is 18.8 Å². The summed E-state index contributed by atoms with van der Waals surface area (Å²) < 4.78 is 67.4. The van der Waals surface area contributed by atoms with Crippen molar-refractivity contribution in [3.05, 3.63) is 32.6 Å². The Kier molecular flexibility index (Phi) is 8.57. The molecule has 192 valence electrons. The molecule has 2 rings (SSSR count). The number of hydrogen-bond acceptors (Lipinski definition) is 10. The Morgan fingerprint density at radius 3 is 2.32 bits per heavy atom. The van der Waals surface area contributed by atoms with Gasteiger partial charge in [0.15, 0.2) is 6.23 Å². The van der Waals surface area contributed by atoms with E-state index < -0.39 is 64.9 Å². The molecule has 1 aromatic rings. The second-order valence-electron chi connectivity index (χ2n) is 6.74. The van der Waals surface area contributed by atoms with Crippen LogP contribution < -0.4 is 11.2 Å². The van der Waals surface area contributed by atoms with E-state index in [1.165, 1.54) is 6.92 Å². The predicted molar refractivity (Wildman–Crippen MR) is 108 cm³/mol. The minimum Gasteiger partial charge on any atom is -0.386 e. The van der Waals surface area contributed by atoms with Crippen LogP contribution in [0.25, 0.3) is 0 Å². The summed E-state index contributed by atoms with van der Waals surface area (Å²) in [5.74, 6) is 1.81. The summed E-state index contributed by atoms with van der Waals surface area (Å²) >= 11 is 5.27. The Labute approximate surface area is 193 Å². The third kappa shape index (κ3) is 6.71. The molecule has 1 aliphatic heterocycles. The number of phosphoric ester groups is 1. The van der Waals surface area contributed by atoms with E-state index >= 15 is 4.39 Å². The number of aliphatic hydroxyl groups excluding tert-OH is 1. The van der Waals surface area contributed by atoms with Gasteiger partial charge in [-0.3, -0.25) is 18.9 Å². The first-order valence-corrected chi connectivity index (χ1v) is 13.5. The number of rotatable bonds is 8. The molecule has 0 bridgehead atoms. The molecular formula is C13H17ClFN2O14P3. The number of ether oxygens (including phenoxy) is 1. The van der Waals surface area contributed by atoms with Crippen LogP contribution in [-0.4, -0.2) is 58.2 Å². The average molecular weight is 573 g/mol. The molecule has 0 radical (unpaired) electrons. The van der Waals surface area contributed by atoms with Crippen molar-refractivity contribution in [2.45, 2.75) is 44.1 Å². The number of nitrogens with one attached hydrogen (secondary N) is 1. The number of phosphoric acid groups is 3. The molecule has 1 aliphatic rings. The van der Waals surface area contributed by atoms with Crippen LogP contribution in [0, 0.1) is 18.2 Å². The van der Waals surface area contributed by atoms with E-state index in [-0.39, 0.29) is 5.69 Å². The monoisotopic (exact) mass is 572 g/mol. The lowest BCUT2D eigenvalue weighted by Gasteiger charge is -2.25. The van der Waals surface area contributed by atoms with E-state index in [9.17, 15) is 38.2 Å². The van der Waals surface area contributed by atoms with Gasteiger partial charge in [-0.15, -0.1) is 0 Å². The van der Waals surface area contributed by atoms with Crippen LogP contribution >= 0.6 is 35.1 Å². The quantitative estimate of drug-likeness (QED) is 0.174. The lowest BCUT2D eigenvalue weighted by atomic mass is 9.95. The molecule has 1 saturated heterocycles. The fourth-order valence-corrected chi connectivity index (χ4v) is 6.36. The van der Waals surface area contributed by atoms with Gasteiger partial charge in [0.25, 0.3) is 5.56 Å². The number of halogens is 2. The second kappa shape index (κ2) is 10.0. The van der Waals surface area contributed by atoms with Gasteiger partial charge in [-0.2, -0.15) is 8.62 Å². The molecule has 6 N–H and O–H groups in total. The highest BCUT2D eigenvalue weighted by molar-refractivity contribution is 7.66. The van der Waals surface area contributed by atoms with E-state index in [2.05, 4.69) is 13.1 Å². The zero-order valence-electron chi connectivity index (χ0n) is 16.8. The topological polar surface area (TPSA) is 244 Å². The Hall–Kier alpha value is -1.21. The maximum atomic E-state index is 15.7. The SMILES string of the molecule is Cc1cc(=O)[nH]c(=O)n1[C@@H]1O[C@H]([C@@H](C)OP(=O)(O)OP(=O)(O)OP(=O)(O)O)[C@H](O)C1(F)C#CCl. The Bertz CT molecular complexity index is 1270. The van der Waals surface area contributed by atoms with E-state index in [1.807, 2.05) is 10.9 Å². The highest BCUT2D eigenvalue weighted by atomic mass is 35.5. The number of nitrogens with zero attached hydrogens (tertiary/aromatic N) is 1. The van der Waals surface area contributed by atoms with Gasteiger partial charge in [-0.25, -0.2) is 22.9 Å². The molecule has 0 amide bonds. The van der Waals surface area contributed by atoms with Crippen LogP contribution in [0.5, 0.6) is 0 Å². The summed E-state index contributed by atoms with van der Waals surface area (Å²) in [5, 5.41) is 12.2. The minimum atomic E-state index is -5.85. The highest BCUT2D eigenvalue weighted by Gasteiger charge is 2.60. The minimum absolute atomic E-state index is 0.134. The largest absolute Gasteiger partial charge is 0.490 e. The number of aromatic amines is 1. The molecule has 34 heavy (non-hydrogen) atoms. The molecule has 1 fully saturated rings. The number of aryl methyl sites for hydroxylation is 1. The van der Waals surface area contributed by atoms with Crippen molar-refractivity contribution in [3.8, 4) is 11.3 Å². The second-order valence-corrected chi connectivity index (χ2v) is 11.3. The summed E-state index contributed by atoms with van der Waals surface area (Å²) in [6.45, 7) is 2.13. The summed E-state index contributed by atoms with van der Waals surface area (Å²) in [5.41, 5.74) is -5.28.